The highest BCUT2D eigenvalue weighted by atomic mass is 19.1. The van der Waals surface area contributed by atoms with Gasteiger partial charge in [0, 0.05) is 12.1 Å². The summed E-state index contributed by atoms with van der Waals surface area (Å²) in [4.78, 5) is 34.3. The maximum absolute atomic E-state index is 13.1. The minimum absolute atomic E-state index is 0.100. The fourth-order valence-electron chi connectivity index (χ4n) is 2.05. The molecule has 2 rings (SSSR count). The number of halogens is 1. The van der Waals surface area contributed by atoms with Gasteiger partial charge in [-0.15, -0.1) is 0 Å². The average molecular weight is 280 g/mol. The van der Waals surface area contributed by atoms with Gasteiger partial charge in [0.25, 0.3) is 0 Å². The summed E-state index contributed by atoms with van der Waals surface area (Å²) in [6.07, 6.45) is -0.100. The second-order valence-corrected chi connectivity index (χ2v) is 4.60. The van der Waals surface area contributed by atoms with E-state index in [9.17, 15) is 18.8 Å². The lowest BCUT2D eigenvalue weighted by atomic mass is 9.89. The second kappa shape index (κ2) is 5.28. The number of benzene rings is 1. The summed E-state index contributed by atoms with van der Waals surface area (Å²) in [5.74, 6) is -3.49. The molecule has 0 saturated heterocycles. The summed E-state index contributed by atoms with van der Waals surface area (Å²) in [7, 11) is 0. The zero-order chi connectivity index (χ0) is 14.9. The summed E-state index contributed by atoms with van der Waals surface area (Å²) in [5, 5.41) is 13.6. The highest BCUT2D eigenvalue weighted by molar-refractivity contribution is 6.01. The van der Waals surface area contributed by atoms with Gasteiger partial charge in [0.05, 0.1) is 5.92 Å². The van der Waals surface area contributed by atoms with Crippen molar-refractivity contribution in [2.75, 3.05) is 5.32 Å². The Labute approximate surface area is 114 Å². The molecule has 1 aliphatic rings. The molecule has 3 N–H and O–H groups in total. The van der Waals surface area contributed by atoms with Crippen molar-refractivity contribution in [3.05, 3.63) is 29.6 Å². The molecule has 0 aliphatic carbocycles. The van der Waals surface area contributed by atoms with Crippen molar-refractivity contribution in [2.45, 2.75) is 25.3 Å². The van der Waals surface area contributed by atoms with Crippen LogP contribution in [0.25, 0.3) is 0 Å². The predicted molar refractivity (Wildman–Crippen MR) is 67.6 cm³/mol. The molecular formula is C13H13FN2O4. The summed E-state index contributed by atoms with van der Waals surface area (Å²) >= 11 is 0. The van der Waals surface area contributed by atoms with Crippen LogP contribution in [-0.4, -0.2) is 28.9 Å². The molecular weight excluding hydrogens is 267 g/mol. The number of fused-ring (bicyclic) bond motifs is 1. The van der Waals surface area contributed by atoms with Crippen molar-refractivity contribution >= 4 is 23.5 Å². The van der Waals surface area contributed by atoms with Crippen LogP contribution in [0.2, 0.25) is 0 Å². The van der Waals surface area contributed by atoms with Crippen LogP contribution in [0.15, 0.2) is 18.2 Å². The van der Waals surface area contributed by atoms with Crippen LogP contribution in [0.4, 0.5) is 10.1 Å². The molecule has 0 bridgehead atoms. The lowest BCUT2D eigenvalue weighted by Gasteiger charge is -2.25. The van der Waals surface area contributed by atoms with E-state index in [1.54, 1.807) is 0 Å². The summed E-state index contributed by atoms with van der Waals surface area (Å²) in [6, 6.07) is 2.68. The van der Waals surface area contributed by atoms with Gasteiger partial charge in [0.1, 0.15) is 11.9 Å². The molecule has 6 nitrogen and oxygen atoms in total. The standard InChI is InChI=1S/C13H13FN2O4/c1-6(13(19)20)15-12(18)9-5-11(17)16-10-4-7(14)2-3-8(9)10/h2-4,6,9H,5H2,1H3,(H,15,18)(H,16,17)(H,19,20)/t6-,9?/m0/s1. The van der Waals surface area contributed by atoms with Crippen molar-refractivity contribution in [1.82, 2.24) is 5.32 Å². The Kier molecular flexibility index (Phi) is 3.69. The first-order chi connectivity index (χ1) is 9.38. The molecule has 20 heavy (non-hydrogen) atoms. The van der Waals surface area contributed by atoms with Crippen LogP contribution in [0.1, 0.15) is 24.8 Å². The maximum atomic E-state index is 13.1. The SMILES string of the molecule is C[C@H](NC(=O)C1CC(=O)Nc2cc(F)ccc21)C(=O)O. The highest BCUT2D eigenvalue weighted by Gasteiger charge is 2.32. The molecule has 2 amide bonds. The Morgan fingerprint density at radius 2 is 2.20 bits per heavy atom. The fraction of sp³-hybridized carbons (Fsp3) is 0.308. The molecule has 1 aromatic carbocycles. The van der Waals surface area contributed by atoms with Gasteiger partial charge < -0.3 is 15.7 Å². The highest BCUT2D eigenvalue weighted by Crippen LogP contribution is 2.32. The predicted octanol–water partition coefficient (Wildman–Crippen LogP) is 0.841. The number of amides is 2. The number of carboxylic acids is 1. The third-order valence-corrected chi connectivity index (χ3v) is 3.10. The second-order valence-electron chi connectivity index (χ2n) is 4.60. The molecule has 2 atom stereocenters. The number of nitrogens with one attached hydrogen (secondary N) is 2. The van der Waals surface area contributed by atoms with Gasteiger partial charge in [-0.2, -0.15) is 0 Å². The number of carboxylic acid groups (broad SMARTS) is 1. The number of aliphatic carboxylic acids is 1. The van der Waals surface area contributed by atoms with Crippen molar-refractivity contribution in [2.24, 2.45) is 0 Å². The Hall–Kier alpha value is -2.44. The summed E-state index contributed by atoms with van der Waals surface area (Å²) in [5.41, 5.74) is 0.713. The zero-order valence-corrected chi connectivity index (χ0v) is 10.6. The van der Waals surface area contributed by atoms with Gasteiger partial charge in [-0.05, 0) is 24.6 Å². The number of carbonyl (C=O) groups excluding carboxylic acids is 2. The maximum Gasteiger partial charge on any atom is 0.325 e. The Morgan fingerprint density at radius 3 is 2.85 bits per heavy atom. The van der Waals surface area contributed by atoms with E-state index in [4.69, 9.17) is 5.11 Å². The van der Waals surface area contributed by atoms with Crippen molar-refractivity contribution in [1.29, 1.82) is 0 Å². The van der Waals surface area contributed by atoms with E-state index in [1.807, 2.05) is 0 Å². The molecule has 0 saturated carbocycles. The molecule has 1 aliphatic heterocycles. The number of rotatable bonds is 3. The van der Waals surface area contributed by atoms with E-state index in [0.29, 0.717) is 5.56 Å². The lowest BCUT2D eigenvalue weighted by Crippen LogP contribution is -2.42. The minimum Gasteiger partial charge on any atom is -0.480 e. The van der Waals surface area contributed by atoms with Crippen LogP contribution < -0.4 is 10.6 Å². The number of hydrogen-bond donors (Lipinski definition) is 3. The average Bonchev–Trinajstić information content (AvgIpc) is 2.36. The third-order valence-electron chi connectivity index (χ3n) is 3.10. The first-order valence-electron chi connectivity index (χ1n) is 6.01. The van der Waals surface area contributed by atoms with Gasteiger partial charge in [-0.3, -0.25) is 14.4 Å². The van der Waals surface area contributed by atoms with E-state index in [2.05, 4.69) is 10.6 Å². The Bertz CT molecular complexity index is 588. The first-order valence-corrected chi connectivity index (χ1v) is 6.01. The van der Waals surface area contributed by atoms with E-state index in [-0.39, 0.29) is 12.1 Å². The number of anilines is 1. The molecule has 1 heterocycles. The lowest BCUT2D eigenvalue weighted by molar-refractivity contribution is -0.141. The van der Waals surface area contributed by atoms with Crippen LogP contribution in [0, 0.1) is 5.82 Å². The molecule has 1 unspecified atom stereocenters. The Morgan fingerprint density at radius 1 is 1.50 bits per heavy atom. The molecule has 0 aromatic heterocycles. The van der Waals surface area contributed by atoms with Gasteiger partial charge in [-0.1, -0.05) is 6.07 Å². The third kappa shape index (κ3) is 2.76. The zero-order valence-electron chi connectivity index (χ0n) is 10.6. The van der Waals surface area contributed by atoms with E-state index in [0.717, 1.165) is 6.07 Å². The number of hydrogen-bond acceptors (Lipinski definition) is 3. The van der Waals surface area contributed by atoms with Crippen LogP contribution in [-0.2, 0) is 14.4 Å². The van der Waals surface area contributed by atoms with E-state index < -0.39 is 35.6 Å². The minimum atomic E-state index is -1.17. The van der Waals surface area contributed by atoms with E-state index >= 15 is 0 Å². The fourth-order valence-corrected chi connectivity index (χ4v) is 2.05. The first kappa shape index (κ1) is 14.0. The van der Waals surface area contributed by atoms with Gasteiger partial charge in [-0.25, -0.2) is 4.39 Å². The van der Waals surface area contributed by atoms with Crippen LogP contribution in [0.3, 0.4) is 0 Å². The molecule has 0 radical (unpaired) electrons. The molecule has 0 fully saturated rings. The molecule has 1 aromatic rings. The topological polar surface area (TPSA) is 95.5 Å². The molecule has 0 spiro atoms. The quantitative estimate of drug-likeness (QED) is 0.764. The molecule has 106 valence electrons. The van der Waals surface area contributed by atoms with Gasteiger partial charge >= 0.3 is 5.97 Å². The van der Waals surface area contributed by atoms with Gasteiger partial charge in [0.15, 0.2) is 0 Å². The largest absolute Gasteiger partial charge is 0.480 e. The monoisotopic (exact) mass is 280 g/mol. The number of carbonyl (C=O) groups is 3. The van der Waals surface area contributed by atoms with Gasteiger partial charge in [0.2, 0.25) is 11.8 Å². The smallest absolute Gasteiger partial charge is 0.325 e. The van der Waals surface area contributed by atoms with Crippen molar-refractivity contribution in [3.63, 3.8) is 0 Å². The van der Waals surface area contributed by atoms with E-state index in [1.165, 1.54) is 19.1 Å². The molecule has 7 heteroatoms. The Balaban J connectivity index is 2.27. The summed E-state index contributed by atoms with van der Waals surface area (Å²) < 4.78 is 13.1. The van der Waals surface area contributed by atoms with Crippen molar-refractivity contribution < 1.29 is 23.9 Å². The summed E-state index contributed by atoms with van der Waals surface area (Å²) in [6.45, 7) is 1.33. The normalized spacial score (nSPS) is 18.7. The van der Waals surface area contributed by atoms with Crippen molar-refractivity contribution in [3.8, 4) is 0 Å². The van der Waals surface area contributed by atoms with Crippen LogP contribution in [0.5, 0.6) is 0 Å². The van der Waals surface area contributed by atoms with Crippen LogP contribution >= 0.6 is 0 Å².